The lowest BCUT2D eigenvalue weighted by Gasteiger charge is -2.10. The molecule has 5 heteroatoms. The van der Waals surface area contributed by atoms with Crippen molar-refractivity contribution < 1.29 is 9.13 Å². The molecule has 0 aliphatic heterocycles. The number of methoxy groups -OCH3 is 1. The second-order valence-corrected chi connectivity index (χ2v) is 4.22. The quantitative estimate of drug-likeness (QED) is 0.871. The van der Waals surface area contributed by atoms with Gasteiger partial charge in [-0.1, -0.05) is 18.2 Å². The Morgan fingerprint density at radius 2 is 2.16 bits per heavy atom. The Morgan fingerprint density at radius 3 is 2.89 bits per heavy atom. The first-order chi connectivity index (χ1) is 9.26. The van der Waals surface area contributed by atoms with Crippen molar-refractivity contribution in [3.05, 3.63) is 41.7 Å². The summed E-state index contributed by atoms with van der Waals surface area (Å²) in [5.41, 5.74) is 2.93. The number of hydrogen-bond donors (Lipinski definition) is 1. The highest BCUT2D eigenvalue weighted by Gasteiger charge is 2.07. The Bertz CT molecular complexity index is 539. The normalized spacial score (nSPS) is 10.5. The van der Waals surface area contributed by atoms with Gasteiger partial charge in [0, 0.05) is 12.1 Å². The Labute approximate surface area is 112 Å². The van der Waals surface area contributed by atoms with Gasteiger partial charge < -0.3 is 10.1 Å². The van der Waals surface area contributed by atoms with Crippen LogP contribution in [0.3, 0.4) is 0 Å². The minimum Gasteiger partial charge on any atom is -0.496 e. The minimum atomic E-state index is -0.408. The van der Waals surface area contributed by atoms with E-state index in [0.29, 0.717) is 13.1 Å². The van der Waals surface area contributed by atoms with Crippen LogP contribution in [0, 0.1) is 6.92 Å². The van der Waals surface area contributed by atoms with Crippen LogP contribution in [0.1, 0.15) is 11.3 Å². The maximum absolute atomic E-state index is 12.3. The second-order valence-electron chi connectivity index (χ2n) is 4.22. The van der Waals surface area contributed by atoms with Crippen LogP contribution in [-0.4, -0.2) is 23.6 Å². The van der Waals surface area contributed by atoms with Gasteiger partial charge in [-0.25, -0.2) is 4.39 Å². The molecule has 0 saturated heterocycles. The third-order valence-electron chi connectivity index (χ3n) is 3.06. The molecule has 0 radical (unpaired) electrons. The standard InChI is InChI=1S/C14H18FN3O/c1-11-13(10-17-18(11)8-7-15)16-9-12-5-3-4-6-14(12)19-2/h3-6,10,16H,7-9H2,1-2H3. The van der Waals surface area contributed by atoms with E-state index in [4.69, 9.17) is 4.74 Å². The predicted molar refractivity (Wildman–Crippen MR) is 73.3 cm³/mol. The molecule has 1 N–H and O–H groups in total. The van der Waals surface area contributed by atoms with Crippen molar-refractivity contribution in [3.63, 3.8) is 0 Å². The molecular formula is C14H18FN3O. The molecule has 0 unspecified atom stereocenters. The molecule has 2 aromatic rings. The number of rotatable bonds is 6. The lowest BCUT2D eigenvalue weighted by atomic mass is 10.2. The maximum atomic E-state index is 12.3. The Morgan fingerprint density at radius 1 is 1.37 bits per heavy atom. The Balaban J connectivity index is 2.06. The highest BCUT2D eigenvalue weighted by molar-refractivity contribution is 5.47. The summed E-state index contributed by atoms with van der Waals surface area (Å²) in [6.45, 7) is 2.45. The number of ether oxygens (including phenoxy) is 1. The molecule has 4 nitrogen and oxygen atoms in total. The molecule has 1 aromatic carbocycles. The van der Waals surface area contributed by atoms with Gasteiger partial charge in [0.15, 0.2) is 0 Å². The third kappa shape index (κ3) is 3.05. The van der Waals surface area contributed by atoms with Gasteiger partial charge in [-0.2, -0.15) is 5.10 Å². The zero-order chi connectivity index (χ0) is 13.7. The van der Waals surface area contributed by atoms with Crippen molar-refractivity contribution in [2.45, 2.75) is 20.0 Å². The summed E-state index contributed by atoms with van der Waals surface area (Å²) in [6.07, 6.45) is 1.72. The molecule has 0 bridgehead atoms. The van der Waals surface area contributed by atoms with E-state index in [0.717, 1.165) is 22.7 Å². The number of para-hydroxylation sites is 1. The monoisotopic (exact) mass is 263 g/mol. The summed E-state index contributed by atoms with van der Waals surface area (Å²) in [5.74, 6) is 0.851. The minimum absolute atomic E-state index is 0.294. The molecule has 0 fully saturated rings. The largest absolute Gasteiger partial charge is 0.496 e. The van der Waals surface area contributed by atoms with Crippen LogP contribution in [-0.2, 0) is 13.1 Å². The summed E-state index contributed by atoms with van der Waals surface area (Å²) in [6, 6.07) is 7.84. The fraction of sp³-hybridized carbons (Fsp3) is 0.357. The molecule has 0 saturated carbocycles. The van der Waals surface area contributed by atoms with Crippen LogP contribution < -0.4 is 10.1 Å². The van der Waals surface area contributed by atoms with Crippen molar-refractivity contribution in [2.75, 3.05) is 19.1 Å². The van der Waals surface area contributed by atoms with Gasteiger partial charge >= 0.3 is 0 Å². The Kier molecular flexibility index (Phi) is 4.39. The van der Waals surface area contributed by atoms with Crippen molar-refractivity contribution in [3.8, 4) is 5.75 Å². The molecule has 0 atom stereocenters. The highest BCUT2D eigenvalue weighted by atomic mass is 19.1. The number of alkyl halides is 1. The third-order valence-corrected chi connectivity index (χ3v) is 3.06. The average molecular weight is 263 g/mol. The second kappa shape index (κ2) is 6.22. The summed E-state index contributed by atoms with van der Waals surface area (Å²) >= 11 is 0. The zero-order valence-corrected chi connectivity index (χ0v) is 11.2. The van der Waals surface area contributed by atoms with Gasteiger partial charge in [0.2, 0.25) is 0 Å². The number of hydrogen-bond acceptors (Lipinski definition) is 3. The number of benzene rings is 1. The molecule has 1 aromatic heterocycles. The smallest absolute Gasteiger partial charge is 0.123 e. The van der Waals surface area contributed by atoms with E-state index in [1.165, 1.54) is 0 Å². The van der Waals surface area contributed by atoms with Crippen molar-refractivity contribution in [2.24, 2.45) is 0 Å². The Hall–Kier alpha value is -2.04. The van der Waals surface area contributed by atoms with E-state index >= 15 is 0 Å². The van der Waals surface area contributed by atoms with E-state index in [1.54, 1.807) is 18.0 Å². The van der Waals surface area contributed by atoms with Gasteiger partial charge in [0.05, 0.1) is 31.2 Å². The molecule has 102 valence electrons. The van der Waals surface area contributed by atoms with Gasteiger partial charge in [-0.3, -0.25) is 4.68 Å². The first-order valence-corrected chi connectivity index (χ1v) is 6.20. The van der Waals surface area contributed by atoms with Crippen LogP contribution in [0.2, 0.25) is 0 Å². The van der Waals surface area contributed by atoms with E-state index in [-0.39, 0.29) is 0 Å². The molecule has 0 aliphatic carbocycles. The summed E-state index contributed by atoms with van der Waals surface area (Å²) in [5, 5.41) is 7.44. The van der Waals surface area contributed by atoms with Gasteiger partial charge in [0.25, 0.3) is 0 Å². The number of nitrogens with one attached hydrogen (secondary N) is 1. The van der Waals surface area contributed by atoms with Gasteiger partial charge in [-0.15, -0.1) is 0 Å². The number of aryl methyl sites for hydroxylation is 1. The average Bonchev–Trinajstić information content (AvgIpc) is 2.78. The topological polar surface area (TPSA) is 39.1 Å². The van der Waals surface area contributed by atoms with Crippen molar-refractivity contribution >= 4 is 5.69 Å². The lowest BCUT2D eigenvalue weighted by molar-refractivity contribution is 0.410. The molecule has 1 heterocycles. The fourth-order valence-electron chi connectivity index (χ4n) is 1.97. The molecule has 19 heavy (non-hydrogen) atoms. The number of nitrogens with zero attached hydrogens (tertiary/aromatic N) is 2. The van der Waals surface area contributed by atoms with Crippen molar-refractivity contribution in [1.29, 1.82) is 0 Å². The molecule has 2 rings (SSSR count). The molecule has 0 aliphatic rings. The summed E-state index contributed by atoms with van der Waals surface area (Å²) in [4.78, 5) is 0. The van der Waals surface area contributed by atoms with E-state index in [1.807, 2.05) is 31.2 Å². The molecule has 0 spiro atoms. The van der Waals surface area contributed by atoms with Gasteiger partial charge in [0.1, 0.15) is 12.4 Å². The fourth-order valence-corrected chi connectivity index (χ4v) is 1.97. The predicted octanol–water partition coefficient (Wildman–Crippen LogP) is 2.78. The van der Waals surface area contributed by atoms with E-state index < -0.39 is 6.67 Å². The number of aromatic nitrogens is 2. The van der Waals surface area contributed by atoms with E-state index in [2.05, 4.69) is 10.4 Å². The van der Waals surface area contributed by atoms with E-state index in [9.17, 15) is 4.39 Å². The van der Waals surface area contributed by atoms with Crippen LogP contribution in [0.4, 0.5) is 10.1 Å². The summed E-state index contributed by atoms with van der Waals surface area (Å²) < 4.78 is 19.3. The number of halogens is 1. The molecule has 0 amide bonds. The zero-order valence-electron chi connectivity index (χ0n) is 11.2. The lowest BCUT2D eigenvalue weighted by Crippen LogP contribution is -2.05. The van der Waals surface area contributed by atoms with Crippen molar-refractivity contribution in [1.82, 2.24) is 9.78 Å². The number of anilines is 1. The SMILES string of the molecule is COc1ccccc1CNc1cnn(CCF)c1C. The van der Waals surface area contributed by atoms with Crippen LogP contribution >= 0.6 is 0 Å². The highest BCUT2D eigenvalue weighted by Crippen LogP contribution is 2.20. The summed E-state index contributed by atoms with van der Waals surface area (Å²) in [7, 11) is 1.66. The van der Waals surface area contributed by atoms with Crippen LogP contribution in [0.5, 0.6) is 5.75 Å². The molecular weight excluding hydrogens is 245 g/mol. The van der Waals surface area contributed by atoms with Gasteiger partial charge in [-0.05, 0) is 13.0 Å². The van der Waals surface area contributed by atoms with Crippen LogP contribution in [0.25, 0.3) is 0 Å². The first-order valence-electron chi connectivity index (χ1n) is 6.20. The first kappa shape index (κ1) is 13.4. The maximum Gasteiger partial charge on any atom is 0.123 e. The van der Waals surface area contributed by atoms with Crippen LogP contribution in [0.15, 0.2) is 30.5 Å².